The molecular weight excluding hydrogens is 242 g/mol. The maximum absolute atomic E-state index is 12.4. The number of ketones is 1. The van der Waals surface area contributed by atoms with Crippen molar-refractivity contribution < 1.29 is 13.9 Å². The Morgan fingerprint density at radius 1 is 1.37 bits per heavy atom. The molecule has 0 aliphatic heterocycles. The molecule has 0 N–H and O–H groups in total. The lowest BCUT2D eigenvalue weighted by molar-refractivity contribution is 0.103. The van der Waals surface area contributed by atoms with Gasteiger partial charge in [-0.05, 0) is 18.6 Å². The molecule has 2 aromatic rings. The minimum atomic E-state index is -0.0833. The Morgan fingerprint density at radius 3 is 2.95 bits per heavy atom. The molecule has 2 heterocycles. The van der Waals surface area contributed by atoms with Crippen molar-refractivity contribution in [3.8, 4) is 5.75 Å². The number of nitrogens with zero attached hydrogens (tertiary/aromatic N) is 1. The first-order valence-electron chi connectivity index (χ1n) is 6.45. The molecule has 0 amide bonds. The molecular formula is C15H17NO3. The number of pyridine rings is 1. The Labute approximate surface area is 112 Å². The highest BCUT2D eigenvalue weighted by atomic mass is 16.5. The summed E-state index contributed by atoms with van der Waals surface area (Å²) in [5, 5.41) is 0. The molecule has 0 aromatic carbocycles. The number of hydrogen-bond acceptors (Lipinski definition) is 4. The third kappa shape index (κ3) is 3.02. The van der Waals surface area contributed by atoms with Gasteiger partial charge in [0.15, 0.2) is 5.78 Å². The highest BCUT2D eigenvalue weighted by Crippen LogP contribution is 2.19. The third-order valence-corrected chi connectivity index (χ3v) is 2.76. The van der Waals surface area contributed by atoms with Gasteiger partial charge in [-0.1, -0.05) is 13.8 Å². The van der Waals surface area contributed by atoms with Crippen LogP contribution in [-0.4, -0.2) is 17.4 Å². The molecule has 0 bridgehead atoms. The summed E-state index contributed by atoms with van der Waals surface area (Å²) in [4.78, 5) is 16.4. The summed E-state index contributed by atoms with van der Waals surface area (Å²) in [7, 11) is 0. The van der Waals surface area contributed by atoms with Gasteiger partial charge < -0.3 is 9.15 Å². The van der Waals surface area contributed by atoms with Crippen molar-refractivity contribution in [3.05, 3.63) is 47.7 Å². The fraction of sp³-hybridized carbons (Fsp3) is 0.333. The van der Waals surface area contributed by atoms with Crippen molar-refractivity contribution in [2.24, 2.45) is 0 Å². The van der Waals surface area contributed by atoms with Crippen LogP contribution in [0, 0.1) is 0 Å². The van der Waals surface area contributed by atoms with Crippen molar-refractivity contribution in [1.82, 2.24) is 4.98 Å². The predicted molar refractivity (Wildman–Crippen MR) is 71.5 cm³/mol. The van der Waals surface area contributed by atoms with E-state index < -0.39 is 0 Å². The Morgan fingerprint density at radius 2 is 2.21 bits per heavy atom. The van der Waals surface area contributed by atoms with Gasteiger partial charge in [0, 0.05) is 18.2 Å². The second-order valence-corrected chi connectivity index (χ2v) is 4.20. The van der Waals surface area contributed by atoms with E-state index in [-0.39, 0.29) is 5.78 Å². The van der Waals surface area contributed by atoms with Crippen LogP contribution in [0.3, 0.4) is 0 Å². The Hall–Kier alpha value is -2.10. The van der Waals surface area contributed by atoms with Gasteiger partial charge in [-0.3, -0.25) is 9.78 Å². The molecule has 0 radical (unpaired) electrons. The Bertz CT molecular complexity index is 560. The Balaban J connectivity index is 2.24. The van der Waals surface area contributed by atoms with Crippen molar-refractivity contribution in [1.29, 1.82) is 0 Å². The summed E-state index contributed by atoms with van der Waals surface area (Å²) >= 11 is 0. The molecule has 0 atom stereocenters. The average Bonchev–Trinajstić information content (AvgIpc) is 2.93. The molecule has 2 rings (SSSR count). The molecule has 0 unspecified atom stereocenters. The number of carbonyl (C=O) groups is 1. The van der Waals surface area contributed by atoms with Crippen molar-refractivity contribution in [3.63, 3.8) is 0 Å². The lowest BCUT2D eigenvalue weighted by Crippen LogP contribution is -2.04. The van der Waals surface area contributed by atoms with Gasteiger partial charge in [0.1, 0.15) is 11.5 Å². The van der Waals surface area contributed by atoms with Gasteiger partial charge in [0.05, 0.1) is 24.6 Å². The van der Waals surface area contributed by atoms with Crippen LogP contribution in [0.4, 0.5) is 0 Å². The predicted octanol–water partition coefficient (Wildman–Crippen LogP) is 3.26. The van der Waals surface area contributed by atoms with E-state index in [4.69, 9.17) is 9.15 Å². The third-order valence-electron chi connectivity index (χ3n) is 2.76. The molecule has 100 valence electrons. The van der Waals surface area contributed by atoms with Crippen molar-refractivity contribution in [2.75, 3.05) is 6.61 Å². The first kappa shape index (κ1) is 13.3. The quantitative estimate of drug-likeness (QED) is 0.747. The van der Waals surface area contributed by atoms with Crippen LogP contribution in [0.1, 0.15) is 41.9 Å². The normalized spacial score (nSPS) is 10.4. The lowest BCUT2D eigenvalue weighted by atomic mass is 10.0. The Kier molecular flexibility index (Phi) is 4.34. The number of aromatic nitrogens is 1. The van der Waals surface area contributed by atoms with Crippen molar-refractivity contribution >= 4 is 5.78 Å². The fourth-order valence-corrected chi connectivity index (χ4v) is 1.81. The fourth-order valence-electron chi connectivity index (χ4n) is 1.81. The first-order valence-corrected chi connectivity index (χ1v) is 6.45. The molecule has 4 heteroatoms. The van der Waals surface area contributed by atoms with E-state index in [1.54, 1.807) is 24.5 Å². The molecule has 2 aromatic heterocycles. The maximum atomic E-state index is 12.4. The molecule has 0 fully saturated rings. The molecule has 19 heavy (non-hydrogen) atoms. The average molecular weight is 259 g/mol. The van der Waals surface area contributed by atoms with Crippen LogP contribution in [0.25, 0.3) is 0 Å². The van der Waals surface area contributed by atoms with E-state index in [9.17, 15) is 4.79 Å². The molecule has 0 saturated heterocycles. The topological polar surface area (TPSA) is 52.3 Å². The summed E-state index contributed by atoms with van der Waals surface area (Å²) in [5.74, 6) is 1.24. The van der Waals surface area contributed by atoms with E-state index in [1.165, 1.54) is 6.26 Å². The number of aryl methyl sites for hydroxylation is 1. The van der Waals surface area contributed by atoms with E-state index in [0.717, 1.165) is 6.42 Å². The maximum Gasteiger partial charge on any atom is 0.198 e. The van der Waals surface area contributed by atoms with Crippen LogP contribution in [0.5, 0.6) is 5.75 Å². The van der Waals surface area contributed by atoms with Gasteiger partial charge in [-0.25, -0.2) is 0 Å². The van der Waals surface area contributed by atoms with Gasteiger partial charge >= 0.3 is 0 Å². The molecule has 0 aliphatic carbocycles. The summed E-state index contributed by atoms with van der Waals surface area (Å²) in [5.41, 5.74) is 1.11. The molecule has 0 spiro atoms. The van der Waals surface area contributed by atoms with Crippen LogP contribution in [0.2, 0.25) is 0 Å². The van der Waals surface area contributed by atoms with E-state index in [0.29, 0.717) is 35.7 Å². The van der Waals surface area contributed by atoms with E-state index >= 15 is 0 Å². The van der Waals surface area contributed by atoms with Crippen LogP contribution in [-0.2, 0) is 6.42 Å². The lowest BCUT2D eigenvalue weighted by Gasteiger charge is -2.05. The summed E-state index contributed by atoms with van der Waals surface area (Å²) in [6, 6.07) is 3.41. The van der Waals surface area contributed by atoms with Crippen molar-refractivity contribution in [2.45, 2.75) is 26.7 Å². The minimum Gasteiger partial charge on any atom is -0.492 e. The zero-order chi connectivity index (χ0) is 13.7. The summed E-state index contributed by atoms with van der Waals surface area (Å²) in [6.45, 7) is 4.60. The minimum absolute atomic E-state index is 0.0833. The second kappa shape index (κ2) is 6.18. The summed E-state index contributed by atoms with van der Waals surface area (Å²) in [6.07, 6.45) is 6.31. The van der Waals surface area contributed by atoms with E-state index in [2.05, 4.69) is 4.98 Å². The van der Waals surface area contributed by atoms with Gasteiger partial charge in [0.2, 0.25) is 0 Å². The van der Waals surface area contributed by atoms with Crippen LogP contribution < -0.4 is 4.74 Å². The molecule has 4 nitrogen and oxygen atoms in total. The number of furan rings is 1. The standard InChI is InChI=1S/C15H17NO3/c1-3-6-18-12-8-11(9-16-10-12)15(17)13-5-7-19-14(13)4-2/h5,7-10H,3-4,6H2,1-2H3. The van der Waals surface area contributed by atoms with Crippen LogP contribution in [0.15, 0.2) is 35.2 Å². The monoisotopic (exact) mass is 259 g/mol. The van der Waals surface area contributed by atoms with Gasteiger partial charge in [-0.2, -0.15) is 0 Å². The number of carbonyl (C=O) groups excluding carboxylic acids is 1. The number of hydrogen-bond donors (Lipinski definition) is 0. The molecule has 0 aliphatic rings. The molecule has 0 saturated carbocycles. The van der Waals surface area contributed by atoms with Crippen LogP contribution >= 0.6 is 0 Å². The summed E-state index contributed by atoms with van der Waals surface area (Å²) < 4.78 is 10.8. The highest BCUT2D eigenvalue weighted by Gasteiger charge is 2.16. The highest BCUT2D eigenvalue weighted by molar-refractivity contribution is 6.09. The smallest absolute Gasteiger partial charge is 0.198 e. The van der Waals surface area contributed by atoms with Gasteiger partial charge in [0.25, 0.3) is 0 Å². The SMILES string of the molecule is CCCOc1cncc(C(=O)c2ccoc2CC)c1. The zero-order valence-corrected chi connectivity index (χ0v) is 11.2. The first-order chi connectivity index (χ1) is 9.26. The zero-order valence-electron chi connectivity index (χ0n) is 11.2. The van der Waals surface area contributed by atoms with Gasteiger partial charge in [-0.15, -0.1) is 0 Å². The van der Waals surface area contributed by atoms with E-state index in [1.807, 2.05) is 13.8 Å². The number of ether oxygens (including phenoxy) is 1. The largest absolute Gasteiger partial charge is 0.492 e. The second-order valence-electron chi connectivity index (χ2n) is 4.20. The number of rotatable bonds is 6.